The summed E-state index contributed by atoms with van der Waals surface area (Å²) < 4.78 is 0. The zero-order chi connectivity index (χ0) is 14.7. The minimum absolute atomic E-state index is 0.125. The number of nitrogens with zero attached hydrogens (tertiary/aromatic N) is 2. The Hall–Kier alpha value is -1.62. The topological polar surface area (TPSA) is 57.3 Å². The van der Waals surface area contributed by atoms with Gasteiger partial charge in [0.1, 0.15) is 5.82 Å². The molecule has 3 heterocycles. The zero-order valence-electron chi connectivity index (χ0n) is 12.6. The molecule has 0 bridgehead atoms. The van der Waals surface area contributed by atoms with Gasteiger partial charge in [0.2, 0.25) is 5.91 Å². The van der Waals surface area contributed by atoms with E-state index in [-0.39, 0.29) is 11.8 Å². The van der Waals surface area contributed by atoms with Crippen LogP contribution in [-0.2, 0) is 4.79 Å². The Morgan fingerprint density at radius 1 is 1.38 bits per heavy atom. The van der Waals surface area contributed by atoms with Crippen molar-refractivity contribution < 1.29 is 4.79 Å². The lowest BCUT2D eigenvalue weighted by Gasteiger charge is -2.36. The predicted octanol–water partition coefficient (Wildman–Crippen LogP) is 1.02. The van der Waals surface area contributed by atoms with Crippen molar-refractivity contribution in [2.75, 3.05) is 31.1 Å². The Bertz CT molecular complexity index is 466. The van der Waals surface area contributed by atoms with Gasteiger partial charge in [0.05, 0.1) is 0 Å². The van der Waals surface area contributed by atoms with Gasteiger partial charge in [-0.2, -0.15) is 0 Å². The van der Waals surface area contributed by atoms with Crippen LogP contribution < -0.4 is 15.5 Å². The minimum Gasteiger partial charge on any atom is -0.356 e. The predicted molar refractivity (Wildman–Crippen MR) is 83.1 cm³/mol. The molecule has 114 valence electrons. The number of carbonyl (C=O) groups is 1. The maximum absolute atomic E-state index is 12.2. The molecule has 1 aromatic heterocycles. The van der Waals surface area contributed by atoms with E-state index in [1.807, 2.05) is 31.3 Å². The number of amides is 1. The quantitative estimate of drug-likeness (QED) is 0.868. The van der Waals surface area contributed by atoms with E-state index in [0.29, 0.717) is 12.0 Å². The standard InChI is InChI=1S/C16H24N4O/c1-12(13-10-17-11-13)16(21)19-14-5-8-20(9-6-14)15-4-2-3-7-18-15/h2-4,7,12-14,17H,5-6,8-11H2,1H3,(H,19,21). The Morgan fingerprint density at radius 3 is 2.71 bits per heavy atom. The molecule has 0 saturated carbocycles. The number of anilines is 1. The van der Waals surface area contributed by atoms with Gasteiger partial charge in [-0.05, 0) is 44.0 Å². The van der Waals surface area contributed by atoms with Crippen LogP contribution in [0.15, 0.2) is 24.4 Å². The van der Waals surface area contributed by atoms with Crippen LogP contribution >= 0.6 is 0 Å². The minimum atomic E-state index is 0.125. The molecule has 1 atom stereocenters. The maximum atomic E-state index is 12.2. The molecule has 3 rings (SSSR count). The van der Waals surface area contributed by atoms with Crippen LogP contribution in [0.3, 0.4) is 0 Å². The van der Waals surface area contributed by atoms with Crippen LogP contribution in [-0.4, -0.2) is 43.1 Å². The molecular weight excluding hydrogens is 264 g/mol. The molecule has 2 fully saturated rings. The Labute approximate surface area is 126 Å². The Kier molecular flexibility index (Phi) is 4.39. The van der Waals surface area contributed by atoms with Crippen LogP contribution in [0.1, 0.15) is 19.8 Å². The van der Waals surface area contributed by atoms with Crippen molar-refractivity contribution in [1.82, 2.24) is 15.6 Å². The van der Waals surface area contributed by atoms with Gasteiger partial charge < -0.3 is 15.5 Å². The first-order valence-corrected chi connectivity index (χ1v) is 7.91. The van der Waals surface area contributed by atoms with Crippen molar-refractivity contribution in [1.29, 1.82) is 0 Å². The van der Waals surface area contributed by atoms with Gasteiger partial charge in [-0.1, -0.05) is 13.0 Å². The second-order valence-corrected chi connectivity index (χ2v) is 6.16. The van der Waals surface area contributed by atoms with E-state index >= 15 is 0 Å². The van der Waals surface area contributed by atoms with Crippen molar-refractivity contribution >= 4 is 11.7 Å². The molecule has 5 heteroatoms. The summed E-state index contributed by atoms with van der Waals surface area (Å²) in [5.74, 6) is 1.90. The fraction of sp³-hybridized carbons (Fsp3) is 0.625. The number of piperidine rings is 1. The van der Waals surface area contributed by atoms with E-state index in [0.717, 1.165) is 44.8 Å². The molecular formula is C16H24N4O. The van der Waals surface area contributed by atoms with Gasteiger partial charge in [-0.3, -0.25) is 4.79 Å². The average Bonchev–Trinajstić information content (AvgIpc) is 2.47. The molecule has 2 aliphatic heterocycles. The van der Waals surface area contributed by atoms with Crippen molar-refractivity contribution in [3.05, 3.63) is 24.4 Å². The summed E-state index contributed by atoms with van der Waals surface area (Å²) in [4.78, 5) is 18.9. The average molecular weight is 288 g/mol. The highest BCUT2D eigenvalue weighted by Gasteiger charge is 2.30. The molecule has 1 unspecified atom stereocenters. The molecule has 0 aromatic carbocycles. The molecule has 1 aromatic rings. The van der Waals surface area contributed by atoms with Gasteiger partial charge in [0, 0.05) is 31.2 Å². The number of hydrogen-bond donors (Lipinski definition) is 2. The molecule has 0 aliphatic carbocycles. The van der Waals surface area contributed by atoms with E-state index in [1.54, 1.807) is 0 Å². The lowest BCUT2D eigenvalue weighted by molar-refractivity contribution is -0.127. The molecule has 2 N–H and O–H groups in total. The van der Waals surface area contributed by atoms with Crippen molar-refractivity contribution in [3.8, 4) is 0 Å². The van der Waals surface area contributed by atoms with Gasteiger partial charge >= 0.3 is 0 Å². The molecule has 0 spiro atoms. The highest BCUT2D eigenvalue weighted by atomic mass is 16.1. The van der Waals surface area contributed by atoms with Crippen molar-refractivity contribution in [2.24, 2.45) is 11.8 Å². The molecule has 2 saturated heterocycles. The van der Waals surface area contributed by atoms with Crippen molar-refractivity contribution in [2.45, 2.75) is 25.8 Å². The maximum Gasteiger partial charge on any atom is 0.223 e. The van der Waals surface area contributed by atoms with Crippen LogP contribution in [0.2, 0.25) is 0 Å². The summed E-state index contributed by atoms with van der Waals surface area (Å²) in [5.41, 5.74) is 0. The largest absolute Gasteiger partial charge is 0.356 e. The van der Waals surface area contributed by atoms with Crippen LogP contribution in [0.25, 0.3) is 0 Å². The second-order valence-electron chi connectivity index (χ2n) is 6.16. The van der Waals surface area contributed by atoms with E-state index < -0.39 is 0 Å². The second kappa shape index (κ2) is 6.43. The first kappa shape index (κ1) is 14.3. The number of nitrogens with one attached hydrogen (secondary N) is 2. The van der Waals surface area contributed by atoms with Gasteiger partial charge in [-0.15, -0.1) is 0 Å². The molecule has 5 nitrogen and oxygen atoms in total. The van der Waals surface area contributed by atoms with E-state index in [1.165, 1.54) is 0 Å². The Balaban J connectivity index is 1.46. The summed E-state index contributed by atoms with van der Waals surface area (Å²) in [6.45, 7) is 5.92. The fourth-order valence-corrected chi connectivity index (χ4v) is 3.00. The van der Waals surface area contributed by atoms with Crippen LogP contribution in [0.4, 0.5) is 5.82 Å². The smallest absolute Gasteiger partial charge is 0.223 e. The summed E-state index contributed by atoms with van der Waals surface area (Å²) in [6, 6.07) is 6.32. The van der Waals surface area contributed by atoms with Crippen molar-refractivity contribution in [3.63, 3.8) is 0 Å². The normalized spacial score (nSPS) is 21.7. The number of carbonyl (C=O) groups excluding carboxylic acids is 1. The van der Waals surface area contributed by atoms with E-state index in [9.17, 15) is 4.79 Å². The van der Waals surface area contributed by atoms with Crippen LogP contribution in [0.5, 0.6) is 0 Å². The third-order valence-corrected chi connectivity index (χ3v) is 4.75. The number of aromatic nitrogens is 1. The lowest BCUT2D eigenvalue weighted by Crippen LogP contribution is -2.52. The molecule has 0 radical (unpaired) electrons. The monoisotopic (exact) mass is 288 g/mol. The number of hydrogen-bond acceptors (Lipinski definition) is 4. The van der Waals surface area contributed by atoms with Gasteiger partial charge in [0.25, 0.3) is 0 Å². The molecule has 2 aliphatic rings. The number of rotatable bonds is 4. The fourth-order valence-electron chi connectivity index (χ4n) is 3.00. The Morgan fingerprint density at radius 2 is 2.14 bits per heavy atom. The molecule has 21 heavy (non-hydrogen) atoms. The van der Waals surface area contributed by atoms with E-state index in [4.69, 9.17) is 0 Å². The first-order chi connectivity index (χ1) is 10.2. The SMILES string of the molecule is CC(C(=O)NC1CCN(c2ccccn2)CC1)C1CNC1. The van der Waals surface area contributed by atoms with E-state index in [2.05, 4.69) is 20.5 Å². The summed E-state index contributed by atoms with van der Waals surface area (Å²) in [7, 11) is 0. The van der Waals surface area contributed by atoms with Gasteiger partial charge in [0.15, 0.2) is 0 Å². The number of pyridine rings is 1. The highest BCUT2D eigenvalue weighted by Crippen LogP contribution is 2.19. The molecule has 1 amide bonds. The third-order valence-electron chi connectivity index (χ3n) is 4.75. The van der Waals surface area contributed by atoms with Gasteiger partial charge in [-0.25, -0.2) is 4.98 Å². The summed E-state index contributed by atoms with van der Waals surface area (Å²) in [6.07, 6.45) is 3.83. The third kappa shape index (κ3) is 3.35. The first-order valence-electron chi connectivity index (χ1n) is 7.91. The summed E-state index contributed by atoms with van der Waals surface area (Å²) >= 11 is 0. The lowest BCUT2D eigenvalue weighted by atomic mass is 9.88. The zero-order valence-corrected chi connectivity index (χ0v) is 12.6. The summed E-state index contributed by atoms with van der Waals surface area (Å²) in [5, 5.41) is 6.46. The highest BCUT2D eigenvalue weighted by molar-refractivity contribution is 5.79. The van der Waals surface area contributed by atoms with Crippen LogP contribution in [0, 0.1) is 11.8 Å².